The molecule has 0 saturated carbocycles. The molecule has 1 N–H and O–H groups in total. The van der Waals surface area contributed by atoms with E-state index in [0.717, 1.165) is 16.9 Å². The average Bonchev–Trinajstić information content (AvgIpc) is 2.45. The first-order valence-corrected chi connectivity index (χ1v) is 6.70. The maximum Gasteiger partial charge on any atom is 0.246 e. The summed E-state index contributed by atoms with van der Waals surface area (Å²) in [4.78, 5) is 13.9. The molecule has 0 unspecified atom stereocenters. The van der Waals surface area contributed by atoms with Gasteiger partial charge >= 0.3 is 0 Å². The Kier molecular flexibility index (Phi) is 4.41. The molecule has 104 valence electrons. The topological polar surface area (TPSA) is 32.3 Å². The Bertz CT molecular complexity index is 593. The van der Waals surface area contributed by atoms with Crippen molar-refractivity contribution in [1.82, 2.24) is 0 Å². The fraction of sp³-hybridized carbons (Fsp3) is 0.235. The van der Waals surface area contributed by atoms with Gasteiger partial charge in [0.15, 0.2) is 0 Å². The summed E-state index contributed by atoms with van der Waals surface area (Å²) in [5, 5.41) is 3.13. The van der Waals surface area contributed by atoms with Crippen LogP contribution in [0.1, 0.15) is 11.1 Å². The van der Waals surface area contributed by atoms with Crippen molar-refractivity contribution in [2.45, 2.75) is 13.8 Å². The molecule has 0 saturated heterocycles. The van der Waals surface area contributed by atoms with Crippen LogP contribution in [-0.2, 0) is 4.79 Å². The molecule has 3 nitrogen and oxygen atoms in total. The lowest BCUT2D eigenvalue weighted by Gasteiger charge is -2.20. The lowest BCUT2D eigenvalue weighted by atomic mass is 10.1. The SMILES string of the molecule is Cc1ccc(N(C)C(=O)CNc2ccccc2)c(C)c1. The third-order valence-electron chi connectivity index (χ3n) is 3.31. The van der Waals surface area contributed by atoms with Gasteiger partial charge in [0.2, 0.25) is 5.91 Å². The van der Waals surface area contributed by atoms with Gasteiger partial charge in [-0.2, -0.15) is 0 Å². The van der Waals surface area contributed by atoms with Gasteiger partial charge in [-0.3, -0.25) is 4.79 Å². The molecule has 0 aliphatic carbocycles. The van der Waals surface area contributed by atoms with E-state index in [1.807, 2.05) is 56.4 Å². The van der Waals surface area contributed by atoms with Crippen LogP contribution < -0.4 is 10.2 Å². The van der Waals surface area contributed by atoms with E-state index in [4.69, 9.17) is 0 Å². The number of aryl methyl sites for hydroxylation is 2. The second-order valence-electron chi connectivity index (χ2n) is 4.96. The van der Waals surface area contributed by atoms with Gasteiger partial charge < -0.3 is 10.2 Å². The van der Waals surface area contributed by atoms with Crippen LogP contribution in [0, 0.1) is 13.8 Å². The molecule has 20 heavy (non-hydrogen) atoms. The maximum absolute atomic E-state index is 12.2. The number of nitrogens with zero attached hydrogens (tertiary/aromatic N) is 1. The summed E-state index contributed by atoms with van der Waals surface area (Å²) in [7, 11) is 1.81. The van der Waals surface area contributed by atoms with Crippen molar-refractivity contribution >= 4 is 17.3 Å². The molecule has 0 atom stereocenters. The third-order valence-corrected chi connectivity index (χ3v) is 3.31. The third kappa shape index (κ3) is 3.38. The Morgan fingerprint density at radius 2 is 1.80 bits per heavy atom. The van der Waals surface area contributed by atoms with Crippen LogP contribution in [0.3, 0.4) is 0 Å². The first-order valence-electron chi connectivity index (χ1n) is 6.70. The van der Waals surface area contributed by atoms with Gasteiger partial charge in [-0.05, 0) is 37.6 Å². The van der Waals surface area contributed by atoms with Crippen molar-refractivity contribution in [2.75, 3.05) is 23.8 Å². The minimum atomic E-state index is 0.0424. The molecule has 2 aromatic rings. The number of carbonyl (C=O) groups is 1. The molecule has 0 fully saturated rings. The van der Waals surface area contributed by atoms with E-state index in [1.165, 1.54) is 5.56 Å². The molecule has 0 radical (unpaired) electrons. The highest BCUT2D eigenvalue weighted by atomic mass is 16.2. The molecule has 0 aliphatic rings. The zero-order valence-electron chi connectivity index (χ0n) is 12.2. The summed E-state index contributed by atoms with van der Waals surface area (Å²) in [6, 6.07) is 15.8. The number of likely N-dealkylation sites (N-methyl/N-ethyl adjacent to an activating group) is 1. The molecule has 2 aromatic carbocycles. The lowest BCUT2D eigenvalue weighted by molar-refractivity contribution is -0.116. The van der Waals surface area contributed by atoms with Gasteiger partial charge in [-0.1, -0.05) is 35.9 Å². The minimum Gasteiger partial charge on any atom is -0.376 e. The zero-order valence-corrected chi connectivity index (χ0v) is 12.2. The van der Waals surface area contributed by atoms with E-state index < -0.39 is 0 Å². The van der Waals surface area contributed by atoms with Gasteiger partial charge in [-0.15, -0.1) is 0 Å². The Morgan fingerprint density at radius 1 is 1.10 bits per heavy atom. The van der Waals surface area contributed by atoms with Gasteiger partial charge in [0.05, 0.1) is 6.54 Å². The van der Waals surface area contributed by atoms with Gasteiger partial charge in [0.25, 0.3) is 0 Å². The summed E-state index contributed by atoms with van der Waals surface area (Å²) < 4.78 is 0. The molecule has 0 aromatic heterocycles. The summed E-state index contributed by atoms with van der Waals surface area (Å²) in [5.74, 6) is 0.0424. The molecule has 0 spiro atoms. The van der Waals surface area contributed by atoms with E-state index in [1.54, 1.807) is 4.90 Å². The lowest BCUT2D eigenvalue weighted by Crippen LogP contribution is -2.32. The van der Waals surface area contributed by atoms with E-state index >= 15 is 0 Å². The summed E-state index contributed by atoms with van der Waals surface area (Å²) in [5.41, 5.74) is 4.22. The number of benzene rings is 2. The van der Waals surface area contributed by atoms with Crippen molar-refractivity contribution in [2.24, 2.45) is 0 Å². The van der Waals surface area contributed by atoms with E-state index in [2.05, 4.69) is 18.3 Å². The van der Waals surface area contributed by atoms with Crippen molar-refractivity contribution < 1.29 is 4.79 Å². The second kappa shape index (κ2) is 6.24. The van der Waals surface area contributed by atoms with E-state index in [-0.39, 0.29) is 12.5 Å². The average molecular weight is 268 g/mol. The number of para-hydroxylation sites is 1. The molecular formula is C17H20N2O. The van der Waals surface area contributed by atoms with Crippen LogP contribution in [0.5, 0.6) is 0 Å². The first-order chi connectivity index (χ1) is 9.58. The first kappa shape index (κ1) is 14.1. The van der Waals surface area contributed by atoms with Crippen LogP contribution in [0.15, 0.2) is 48.5 Å². The number of anilines is 2. The molecular weight excluding hydrogens is 248 g/mol. The van der Waals surface area contributed by atoms with Crippen LogP contribution in [0.4, 0.5) is 11.4 Å². The molecule has 0 aliphatic heterocycles. The van der Waals surface area contributed by atoms with Gasteiger partial charge in [0.1, 0.15) is 0 Å². The summed E-state index contributed by atoms with van der Waals surface area (Å²) in [6.45, 7) is 4.36. The molecule has 0 heterocycles. The summed E-state index contributed by atoms with van der Waals surface area (Å²) in [6.07, 6.45) is 0. The second-order valence-corrected chi connectivity index (χ2v) is 4.96. The van der Waals surface area contributed by atoms with Crippen LogP contribution >= 0.6 is 0 Å². The largest absolute Gasteiger partial charge is 0.376 e. The smallest absolute Gasteiger partial charge is 0.246 e. The van der Waals surface area contributed by atoms with Crippen molar-refractivity contribution in [1.29, 1.82) is 0 Å². The van der Waals surface area contributed by atoms with Crippen molar-refractivity contribution in [3.05, 3.63) is 59.7 Å². The van der Waals surface area contributed by atoms with Crippen LogP contribution in [0.25, 0.3) is 0 Å². The Morgan fingerprint density at radius 3 is 2.45 bits per heavy atom. The number of hydrogen-bond donors (Lipinski definition) is 1. The highest BCUT2D eigenvalue weighted by molar-refractivity contribution is 5.96. The number of hydrogen-bond acceptors (Lipinski definition) is 2. The van der Waals surface area contributed by atoms with Crippen LogP contribution in [-0.4, -0.2) is 19.5 Å². The highest BCUT2D eigenvalue weighted by Gasteiger charge is 2.12. The molecule has 3 heteroatoms. The number of rotatable bonds is 4. The number of amides is 1. The predicted octanol–water partition coefficient (Wildman–Crippen LogP) is 3.38. The van der Waals surface area contributed by atoms with E-state index in [9.17, 15) is 4.79 Å². The van der Waals surface area contributed by atoms with Gasteiger partial charge in [0, 0.05) is 18.4 Å². The minimum absolute atomic E-state index is 0.0424. The van der Waals surface area contributed by atoms with Gasteiger partial charge in [-0.25, -0.2) is 0 Å². The van der Waals surface area contributed by atoms with Crippen LogP contribution in [0.2, 0.25) is 0 Å². The number of nitrogens with one attached hydrogen (secondary N) is 1. The zero-order chi connectivity index (χ0) is 14.5. The Labute approximate surface area is 120 Å². The quantitative estimate of drug-likeness (QED) is 0.922. The molecule has 0 bridgehead atoms. The van der Waals surface area contributed by atoms with E-state index in [0.29, 0.717) is 0 Å². The fourth-order valence-electron chi connectivity index (χ4n) is 2.17. The normalized spacial score (nSPS) is 10.2. The predicted molar refractivity (Wildman–Crippen MR) is 84.3 cm³/mol. The summed E-state index contributed by atoms with van der Waals surface area (Å²) >= 11 is 0. The fourth-order valence-corrected chi connectivity index (χ4v) is 2.17. The standard InChI is InChI=1S/C17H20N2O/c1-13-9-10-16(14(2)11-13)19(3)17(20)12-18-15-7-5-4-6-8-15/h4-11,18H,12H2,1-3H3. The highest BCUT2D eigenvalue weighted by Crippen LogP contribution is 2.20. The Hall–Kier alpha value is -2.29. The van der Waals surface area contributed by atoms with Crippen molar-refractivity contribution in [3.63, 3.8) is 0 Å². The monoisotopic (exact) mass is 268 g/mol. The Balaban J connectivity index is 2.01. The number of carbonyl (C=O) groups excluding carboxylic acids is 1. The molecule has 2 rings (SSSR count). The molecule has 1 amide bonds. The van der Waals surface area contributed by atoms with Crippen molar-refractivity contribution in [3.8, 4) is 0 Å². The maximum atomic E-state index is 12.2.